The second-order valence-corrected chi connectivity index (χ2v) is 5.59. The summed E-state index contributed by atoms with van der Waals surface area (Å²) >= 11 is 11.9. The molecule has 3 aromatic rings. The van der Waals surface area contributed by atoms with Crippen LogP contribution in [0.3, 0.4) is 0 Å². The first-order valence-corrected chi connectivity index (χ1v) is 7.53. The van der Waals surface area contributed by atoms with E-state index in [9.17, 15) is 5.11 Å². The maximum atomic E-state index is 10.5. The van der Waals surface area contributed by atoms with Crippen molar-refractivity contribution >= 4 is 39.8 Å². The lowest BCUT2D eigenvalue weighted by Gasteiger charge is -2.18. The number of benzene rings is 1. The highest BCUT2D eigenvalue weighted by atomic mass is 35.5. The van der Waals surface area contributed by atoms with Crippen LogP contribution in [0, 0.1) is 0 Å². The number of rotatable bonds is 4. The molecule has 0 spiro atoms. The summed E-state index contributed by atoms with van der Waals surface area (Å²) in [5.74, 6) is 0.638. The van der Waals surface area contributed by atoms with E-state index >= 15 is 0 Å². The van der Waals surface area contributed by atoms with E-state index in [1.807, 2.05) is 6.07 Å². The van der Waals surface area contributed by atoms with Crippen molar-refractivity contribution in [2.75, 3.05) is 12.4 Å². The summed E-state index contributed by atoms with van der Waals surface area (Å²) in [5.41, 5.74) is 1.76. The fourth-order valence-corrected chi connectivity index (χ4v) is 2.64. The number of aromatic nitrogens is 2. The van der Waals surface area contributed by atoms with E-state index < -0.39 is 6.23 Å². The van der Waals surface area contributed by atoms with Crippen LogP contribution in [0.4, 0.5) is 5.69 Å². The third-order valence-electron chi connectivity index (χ3n) is 3.38. The number of hydrogen-bond donors (Lipinski definition) is 2. The minimum Gasteiger partial charge on any atom is -0.494 e. The van der Waals surface area contributed by atoms with Gasteiger partial charge in [0.25, 0.3) is 0 Å². The molecule has 1 aromatic carbocycles. The van der Waals surface area contributed by atoms with E-state index in [-0.39, 0.29) is 5.15 Å². The van der Waals surface area contributed by atoms with Gasteiger partial charge in [0.15, 0.2) is 11.4 Å². The number of fused-ring (bicyclic) bond motifs is 1. The molecule has 0 saturated carbocycles. The van der Waals surface area contributed by atoms with Crippen LogP contribution in [0.5, 0.6) is 5.75 Å². The van der Waals surface area contributed by atoms with Crippen molar-refractivity contribution in [2.24, 2.45) is 0 Å². The number of pyridine rings is 2. The topological polar surface area (TPSA) is 67.3 Å². The van der Waals surface area contributed by atoms with E-state index in [0.29, 0.717) is 27.5 Å². The molecular formula is C16H13Cl2N3O2. The maximum absolute atomic E-state index is 10.5. The van der Waals surface area contributed by atoms with Gasteiger partial charge in [0.05, 0.1) is 17.8 Å². The maximum Gasteiger partial charge on any atom is 0.152 e. The van der Waals surface area contributed by atoms with Crippen molar-refractivity contribution in [1.82, 2.24) is 9.97 Å². The Bertz CT molecular complexity index is 858. The number of nitrogens with one attached hydrogen (secondary N) is 1. The Balaban J connectivity index is 2.01. The number of aliphatic hydroxyl groups excluding tert-OH is 1. The molecule has 0 radical (unpaired) electrons. The quantitative estimate of drug-likeness (QED) is 0.549. The van der Waals surface area contributed by atoms with Gasteiger partial charge >= 0.3 is 0 Å². The van der Waals surface area contributed by atoms with Crippen molar-refractivity contribution in [3.05, 3.63) is 58.5 Å². The molecule has 0 aliphatic heterocycles. The van der Waals surface area contributed by atoms with Crippen LogP contribution in [-0.2, 0) is 0 Å². The molecule has 0 saturated heterocycles. The summed E-state index contributed by atoms with van der Waals surface area (Å²) in [4.78, 5) is 8.25. The molecule has 2 heterocycles. The molecule has 2 N–H and O–H groups in total. The Labute approximate surface area is 142 Å². The van der Waals surface area contributed by atoms with Crippen molar-refractivity contribution in [3.8, 4) is 5.75 Å². The Morgan fingerprint density at radius 2 is 2.04 bits per heavy atom. The van der Waals surface area contributed by atoms with E-state index in [0.717, 1.165) is 5.39 Å². The van der Waals surface area contributed by atoms with Crippen LogP contribution in [0.15, 0.2) is 42.7 Å². The van der Waals surface area contributed by atoms with Gasteiger partial charge in [-0.25, -0.2) is 4.98 Å². The summed E-state index contributed by atoms with van der Waals surface area (Å²) in [5, 5.41) is 14.9. The second-order valence-electron chi connectivity index (χ2n) is 4.80. The van der Waals surface area contributed by atoms with Crippen LogP contribution in [0.2, 0.25) is 10.2 Å². The number of halogens is 2. The van der Waals surface area contributed by atoms with E-state index in [4.69, 9.17) is 27.9 Å². The second kappa shape index (κ2) is 6.58. The smallest absolute Gasteiger partial charge is 0.152 e. The molecule has 0 fully saturated rings. The molecule has 2 aromatic heterocycles. The predicted molar refractivity (Wildman–Crippen MR) is 91.1 cm³/mol. The first-order chi connectivity index (χ1) is 11.1. The van der Waals surface area contributed by atoms with Gasteiger partial charge in [-0.3, -0.25) is 4.98 Å². The average molecular weight is 350 g/mol. The van der Waals surface area contributed by atoms with Crippen LogP contribution in [-0.4, -0.2) is 22.2 Å². The standard InChI is InChI=1S/C16H13Cl2N3O2/c1-23-13-5-4-11(10-3-2-6-19-14(10)13)16(22)21-12-7-9(17)8-20-15(12)18/h2-8,16,21-22H,1H3. The number of anilines is 1. The zero-order valence-corrected chi connectivity index (χ0v) is 13.6. The van der Waals surface area contributed by atoms with Gasteiger partial charge in [-0.2, -0.15) is 0 Å². The molecule has 0 amide bonds. The minimum atomic E-state index is -1.01. The SMILES string of the molecule is COc1ccc(C(O)Nc2cc(Cl)cnc2Cl)c2cccnc12. The van der Waals surface area contributed by atoms with Gasteiger partial charge < -0.3 is 15.2 Å². The van der Waals surface area contributed by atoms with E-state index in [2.05, 4.69) is 15.3 Å². The third kappa shape index (κ3) is 3.17. The van der Waals surface area contributed by atoms with Gasteiger partial charge in [-0.05, 0) is 18.2 Å². The zero-order chi connectivity index (χ0) is 16.4. The summed E-state index contributed by atoms with van der Waals surface area (Å²) < 4.78 is 5.30. The molecule has 23 heavy (non-hydrogen) atoms. The van der Waals surface area contributed by atoms with Crippen LogP contribution >= 0.6 is 23.2 Å². The van der Waals surface area contributed by atoms with Crippen molar-refractivity contribution in [2.45, 2.75) is 6.23 Å². The highest BCUT2D eigenvalue weighted by Gasteiger charge is 2.16. The fourth-order valence-electron chi connectivity index (χ4n) is 2.32. The van der Waals surface area contributed by atoms with Crippen molar-refractivity contribution < 1.29 is 9.84 Å². The Hall–Kier alpha value is -2.08. The number of hydrogen-bond acceptors (Lipinski definition) is 5. The van der Waals surface area contributed by atoms with Gasteiger partial charge in [-0.1, -0.05) is 35.3 Å². The highest BCUT2D eigenvalue weighted by Crippen LogP contribution is 2.32. The molecule has 118 valence electrons. The number of aliphatic hydroxyl groups is 1. The first-order valence-electron chi connectivity index (χ1n) is 6.77. The summed E-state index contributed by atoms with van der Waals surface area (Å²) in [6.07, 6.45) is 2.10. The van der Waals surface area contributed by atoms with Gasteiger partial charge in [0.1, 0.15) is 11.3 Å². The van der Waals surface area contributed by atoms with Crippen LogP contribution in [0.1, 0.15) is 11.8 Å². The zero-order valence-electron chi connectivity index (χ0n) is 12.1. The van der Waals surface area contributed by atoms with E-state index in [1.165, 1.54) is 6.20 Å². The van der Waals surface area contributed by atoms with Crippen molar-refractivity contribution in [3.63, 3.8) is 0 Å². The Kier molecular flexibility index (Phi) is 4.52. The highest BCUT2D eigenvalue weighted by molar-refractivity contribution is 6.34. The molecule has 0 aliphatic rings. The third-order valence-corrected chi connectivity index (χ3v) is 3.89. The number of nitrogens with zero attached hydrogens (tertiary/aromatic N) is 2. The van der Waals surface area contributed by atoms with E-state index in [1.54, 1.807) is 37.6 Å². The number of ether oxygens (including phenoxy) is 1. The molecule has 3 rings (SSSR count). The van der Waals surface area contributed by atoms with Gasteiger partial charge in [0, 0.05) is 23.3 Å². The summed E-state index contributed by atoms with van der Waals surface area (Å²) in [7, 11) is 1.58. The molecule has 0 bridgehead atoms. The fraction of sp³-hybridized carbons (Fsp3) is 0.125. The monoisotopic (exact) mass is 349 g/mol. The number of methoxy groups -OCH3 is 1. The molecule has 0 aliphatic carbocycles. The normalized spacial score (nSPS) is 12.2. The largest absolute Gasteiger partial charge is 0.494 e. The van der Waals surface area contributed by atoms with Crippen LogP contribution in [0.25, 0.3) is 10.9 Å². The Morgan fingerprint density at radius 1 is 1.22 bits per heavy atom. The van der Waals surface area contributed by atoms with Gasteiger partial charge in [0.2, 0.25) is 0 Å². The Morgan fingerprint density at radius 3 is 2.83 bits per heavy atom. The van der Waals surface area contributed by atoms with Crippen molar-refractivity contribution in [1.29, 1.82) is 0 Å². The minimum absolute atomic E-state index is 0.226. The summed E-state index contributed by atoms with van der Waals surface area (Å²) in [6, 6.07) is 8.79. The lowest BCUT2D eigenvalue weighted by atomic mass is 10.1. The first kappa shape index (κ1) is 15.8. The lowest BCUT2D eigenvalue weighted by Crippen LogP contribution is -2.11. The predicted octanol–water partition coefficient (Wildman–Crippen LogP) is 4.05. The van der Waals surface area contributed by atoms with Gasteiger partial charge in [-0.15, -0.1) is 0 Å². The average Bonchev–Trinajstić information content (AvgIpc) is 2.57. The molecule has 1 unspecified atom stereocenters. The molecule has 1 atom stereocenters. The lowest BCUT2D eigenvalue weighted by molar-refractivity contribution is 0.209. The molecule has 5 nitrogen and oxygen atoms in total. The molecular weight excluding hydrogens is 337 g/mol. The summed E-state index contributed by atoms with van der Waals surface area (Å²) in [6.45, 7) is 0. The van der Waals surface area contributed by atoms with Crippen LogP contribution < -0.4 is 10.1 Å². The molecule has 7 heteroatoms.